The van der Waals surface area contributed by atoms with E-state index in [4.69, 9.17) is 4.74 Å². The Morgan fingerprint density at radius 3 is 2.12 bits per heavy atom. The Morgan fingerprint density at radius 1 is 1.04 bits per heavy atom. The van der Waals surface area contributed by atoms with Gasteiger partial charge in [0.1, 0.15) is 12.4 Å². The summed E-state index contributed by atoms with van der Waals surface area (Å²) in [6.07, 6.45) is 2.22. The first-order valence-corrected chi connectivity index (χ1v) is 8.12. The van der Waals surface area contributed by atoms with Gasteiger partial charge in [-0.15, -0.1) is 0 Å². The van der Waals surface area contributed by atoms with Crippen LogP contribution in [0.4, 0.5) is 5.69 Å². The van der Waals surface area contributed by atoms with Gasteiger partial charge in [0.05, 0.1) is 18.8 Å². The number of hydrogen-bond donors (Lipinski definition) is 0. The number of nitro benzene ring substituents is 1. The fourth-order valence-corrected chi connectivity index (χ4v) is 3.28. The van der Waals surface area contributed by atoms with Crippen molar-refractivity contribution in [2.75, 3.05) is 0 Å². The molecular formula is C15H10Br2N2O5. The summed E-state index contributed by atoms with van der Waals surface area (Å²) in [5.41, 5.74) is 1.42. The van der Waals surface area contributed by atoms with Gasteiger partial charge < -0.3 is 4.74 Å². The Kier molecular flexibility index (Phi) is 6.04. The maximum atomic E-state index is 10.6. The van der Waals surface area contributed by atoms with Crippen LogP contribution in [-0.2, 0) is 6.61 Å². The molecule has 2 rings (SSSR count). The first-order chi connectivity index (χ1) is 11.4. The molecule has 0 heterocycles. The fourth-order valence-electron chi connectivity index (χ4n) is 1.83. The van der Waals surface area contributed by atoms with Gasteiger partial charge in [0.2, 0.25) is 6.20 Å². The van der Waals surface area contributed by atoms with Crippen molar-refractivity contribution in [1.82, 2.24) is 0 Å². The molecule has 0 bridgehead atoms. The van der Waals surface area contributed by atoms with Crippen LogP contribution in [0.15, 0.2) is 51.5 Å². The van der Waals surface area contributed by atoms with Crippen molar-refractivity contribution in [3.8, 4) is 5.75 Å². The van der Waals surface area contributed by atoms with Gasteiger partial charge in [-0.1, -0.05) is 0 Å². The van der Waals surface area contributed by atoms with E-state index < -0.39 is 9.85 Å². The number of ether oxygens (including phenoxy) is 1. The van der Waals surface area contributed by atoms with Crippen LogP contribution in [0.3, 0.4) is 0 Å². The molecule has 0 atom stereocenters. The summed E-state index contributed by atoms with van der Waals surface area (Å²) in [7, 11) is 0. The van der Waals surface area contributed by atoms with E-state index in [1.54, 1.807) is 24.3 Å². The first-order valence-electron chi connectivity index (χ1n) is 6.53. The van der Waals surface area contributed by atoms with E-state index in [0.717, 1.165) is 11.8 Å². The summed E-state index contributed by atoms with van der Waals surface area (Å²) in [6.45, 7) is 0.222. The number of hydrogen-bond acceptors (Lipinski definition) is 5. The summed E-state index contributed by atoms with van der Waals surface area (Å²) in [5.74, 6) is 0.534. The predicted molar refractivity (Wildman–Crippen MR) is 95.3 cm³/mol. The normalized spacial score (nSPS) is 10.8. The van der Waals surface area contributed by atoms with E-state index in [0.29, 0.717) is 20.3 Å². The van der Waals surface area contributed by atoms with Gasteiger partial charge in [-0.3, -0.25) is 20.2 Å². The van der Waals surface area contributed by atoms with Crippen LogP contribution >= 0.6 is 31.9 Å². The molecule has 0 aliphatic rings. The number of nitro groups is 2. The lowest BCUT2D eigenvalue weighted by Gasteiger charge is -2.11. The molecule has 24 heavy (non-hydrogen) atoms. The van der Waals surface area contributed by atoms with Crippen LogP contribution in [0.5, 0.6) is 5.75 Å². The molecule has 0 amide bonds. The van der Waals surface area contributed by atoms with Gasteiger partial charge in [-0.25, -0.2) is 0 Å². The van der Waals surface area contributed by atoms with Crippen molar-refractivity contribution in [2.45, 2.75) is 6.61 Å². The summed E-state index contributed by atoms with van der Waals surface area (Å²) < 4.78 is 6.97. The minimum atomic E-state index is -0.541. The van der Waals surface area contributed by atoms with Gasteiger partial charge >= 0.3 is 0 Å². The van der Waals surface area contributed by atoms with Crippen molar-refractivity contribution in [3.05, 3.63) is 82.9 Å². The molecule has 124 valence electrons. The molecule has 2 aromatic carbocycles. The van der Waals surface area contributed by atoms with Crippen molar-refractivity contribution in [1.29, 1.82) is 0 Å². The maximum Gasteiger partial charge on any atom is 0.269 e. The van der Waals surface area contributed by atoms with Gasteiger partial charge in [-0.2, -0.15) is 0 Å². The molecule has 0 aromatic heterocycles. The van der Waals surface area contributed by atoms with E-state index in [2.05, 4.69) is 31.9 Å². The van der Waals surface area contributed by atoms with Crippen molar-refractivity contribution < 1.29 is 14.6 Å². The molecule has 0 aliphatic heterocycles. The quantitative estimate of drug-likeness (QED) is 0.451. The van der Waals surface area contributed by atoms with Crippen LogP contribution in [0.2, 0.25) is 0 Å². The first kappa shape index (κ1) is 18.1. The second-order valence-corrected chi connectivity index (χ2v) is 6.34. The number of nitrogens with zero attached hydrogens (tertiary/aromatic N) is 2. The zero-order valence-electron chi connectivity index (χ0n) is 12.0. The lowest BCUT2D eigenvalue weighted by molar-refractivity contribution is -0.400. The fraction of sp³-hybridized carbons (Fsp3) is 0.0667. The molecule has 2 aromatic rings. The minimum Gasteiger partial charge on any atom is -0.487 e. The number of benzene rings is 2. The average Bonchev–Trinajstić information content (AvgIpc) is 2.52. The number of halogens is 2. The maximum absolute atomic E-state index is 10.6. The highest BCUT2D eigenvalue weighted by molar-refractivity contribution is 9.11. The van der Waals surface area contributed by atoms with Crippen LogP contribution in [0.1, 0.15) is 11.1 Å². The SMILES string of the molecule is O=[N+]([O-])/C=C/c1cc(Br)c(OCc2ccc([N+](=O)[O-])cc2)c(Br)c1. The third kappa shape index (κ3) is 4.87. The zero-order valence-corrected chi connectivity index (χ0v) is 15.2. The molecule has 0 saturated carbocycles. The molecule has 0 spiro atoms. The molecule has 0 aliphatic carbocycles. The lowest BCUT2D eigenvalue weighted by Crippen LogP contribution is -1.98. The topological polar surface area (TPSA) is 95.5 Å². The molecule has 0 fully saturated rings. The Labute approximate surface area is 153 Å². The average molecular weight is 458 g/mol. The summed E-state index contributed by atoms with van der Waals surface area (Å²) in [5, 5.41) is 21.0. The van der Waals surface area contributed by atoms with Gasteiger partial charge in [0.15, 0.2) is 0 Å². The molecule has 0 saturated heterocycles. The van der Waals surface area contributed by atoms with E-state index in [1.807, 2.05) is 0 Å². The predicted octanol–water partition coefficient (Wildman–Crippen LogP) is 4.95. The number of non-ortho nitro benzene ring substituents is 1. The second-order valence-electron chi connectivity index (χ2n) is 4.63. The zero-order chi connectivity index (χ0) is 17.7. The number of rotatable bonds is 6. The standard InChI is InChI=1S/C15H10Br2N2O5/c16-13-7-11(5-6-18(20)21)8-14(17)15(13)24-9-10-1-3-12(4-2-10)19(22)23/h1-8H,9H2/b6-5+. The van der Waals surface area contributed by atoms with Crippen LogP contribution < -0.4 is 4.74 Å². The van der Waals surface area contributed by atoms with Gasteiger partial charge in [0, 0.05) is 18.2 Å². The monoisotopic (exact) mass is 456 g/mol. The van der Waals surface area contributed by atoms with Crippen LogP contribution in [0.25, 0.3) is 6.08 Å². The molecule has 9 heteroatoms. The summed E-state index contributed by atoms with van der Waals surface area (Å²) in [6, 6.07) is 9.44. The molecule has 7 nitrogen and oxygen atoms in total. The molecular weight excluding hydrogens is 448 g/mol. The van der Waals surface area contributed by atoms with Crippen molar-refractivity contribution >= 4 is 43.6 Å². The molecule has 0 unspecified atom stereocenters. The summed E-state index contributed by atoms with van der Waals surface area (Å²) >= 11 is 6.72. The van der Waals surface area contributed by atoms with E-state index >= 15 is 0 Å². The van der Waals surface area contributed by atoms with E-state index in [9.17, 15) is 20.2 Å². The largest absolute Gasteiger partial charge is 0.487 e. The van der Waals surface area contributed by atoms with E-state index in [1.165, 1.54) is 18.2 Å². The van der Waals surface area contributed by atoms with Gasteiger partial charge in [-0.05, 0) is 67.3 Å². The smallest absolute Gasteiger partial charge is 0.269 e. The highest BCUT2D eigenvalue weighted by Gasteiger charge is 2.10. The summed E-state index contributed by atoms with van der Waals surface area (Å²) in [4.78, 5) is 20.0. The highest BCUT2D eigenvalue weighted by Crippen LogP contribution is 2.35. The third-order valence-corrected chi connectivity index (χ3v) is 4.12. The third-order valence-electron chi connectivity index (χ3n) is 2.94. The van der Waals surface area contributed by atoms with Crippen molar-refractivity contribution in [2.24, 2.45) is 0 Å². The highest BCUT2D eigenvalue weighted by atomic mass is 79.9. The Morgan fingerprint density at radius 2 is 1.62 bits per heavy atom. The molecule has 0 N–H and O–H groups in total. The Bertz CT molecular complexity index is 783. The second kappa shape index (κ2) is 8.02. The van der Waals surface area contributed by atoms with E-state index in [-0.39, 0.29) is 12.3 Å². The minimum absolute atomic E-state index is 0.0167. The molecule has 0 radical (unpaired) electrons. The van der Waals surface area contributed by atoms with Gasteiger partial charge in [0.25, 0.3) is 5.69 Å². The van der Waals surface area contributed by atoms with Crippen molar-refractivity contribution in [3.63, 3.8) is 0 Å². The Hall–Kier alpha value is -2.26. The Balaban J connectivity index is 2.12. The lowest BCUT2D eigenvalue weighted by atomic mass is 10.2. The van der Waals surface area contributed by atoms with Crippen LogP contribution in [0, 0.1) is 20.2 Å². The van der Waals surface area contributed by atoms with Crippen LogP contribution in [-0.4, -0.2) is 9.85 Å².